The second kappa shape index (κ2) is 5.15. The number of nitrogens with two attached hydrogens (primary N) is 1. The van der Waals surface area contributed by atoms with Crippen LogP contribution in [0.1, 0.15) is 17.5 Å². The monoisotopic (exact) mass is 248 g/mol. The summed E-state index contributed by atoms with van der Waals surface area (Å²) in [4.78, 5) is 0. The molecule has 0 spiro atoms. The zero-order valence-corrected chi connectivity index (χ0v) is 10.7. The molecule has 1 aliphatic carbocycles. The van der Waals surface area contributed by atoms with E-state index < -0.39 is 0 Å². The summed E-state index contributed by atoms with van der Waals surface area (Å²) in [5.74, 6) is 5.52. The van der Waals surface area contributed by atoms with Gasteiger partial charge in [0.25, 0.3) is 0 Å². The summed E-state index contributed by atoms with van der Waals surface area (Å²) in [6.07, 6.45) is 1.93. The van der Waals surface area contributed by atoms with Crippen LogP contribution in [0.3, 0.4) is 0 Å². The lowest BCUT2D eigenvalue weighted by atomic mass is 9.87. The number of hydrogen-bond donors (Lipinski definition) is 2. The van der Waals surface area contributed by atoms with E-state index in [1.807, 2.05) is 24.3 Å². The van der Waals surface area contributed by atoms with Gasteiger partial charge in [0.05, 0.1) is 5.69 Å². The molecule has 0 amide bonds. The van der Waals surface area contributed by atoms with Crippen molar-refractivity contribution in [3.05, 3.63) is 77.0 Å². The van der Waals surface area contributed by atoms with Crippen LogP contribution in [-0.4, -0.2) is 0 Å². The number of anilines is 1. The normalized spacial score (nSPS) is 13.3. The molecule has 0 radical (unpaired) electrons. The third kappa shape index (κ3) is 2.45. The fraction of sp³-hybridized carbons (Fsp3) is 0.118. The molecule has 1 aliphatic rings. The molecule has 0 saturated heterocycles. The first-order valence-electron chi connectivity index (χ1n) is 6.44. The number of benzene rings is 2. The van der Waals surface area contributed by atoms with Crippen LogP contribution in [0.15, 0.2) is 65.9 Å². The molecule has 2 aromatic rings. The molecule has 2 aromatic carbocycles. The van der Waals surface area contributed by atoms with Crippen molar-refractivity contribution >= 4 is 11.3 Å². The van der Waals surface area contributed by atoms with E-state index in [9.17, 15) is 0 Å². The maximum atomic E-state index is 5.52. The van der Waals surface area contributed by atoms with Crippen molar-refractivity contribution in [2.75, 3.05) is 5.43 Å². The van der Waals surface area contributed by atoms with Crippen molar-refractivity contribution in [3.8, 4) is 0 Å². The second-order valence-electron chi connectivity index (χ2n) is 4.73. The van der Waals surface area contributed by atoms with Gasteiger partial charge in [0.1, 0.15) is 0 Å². The highest BCUT2D eigenvalue weighted by molar-refractivity contribution is 5.73. The number of para-hydroxylation sites is 1. The number of rotatable bonds is 4. The van der Waals surface area contributed by atoms with E-state index in [2.05, 4.69) is 41.5 Å². The first-order valence-corrected chi connectivity index (χ1v) is 6.44. The van der Waals surface area contributed by atoms with Crippen LogP contribution in [0, 0.1) is 0 Å². The minimum absolute atomic E-state index is 0.913. The van der Waals surface area contributed by atoms with Gasteiger partial charge in [-0.25, -0.2) is 0 Å². The molecule has 0 unspecified atom stereocenters. The van der Waals surface area contributed by atoms with Crippen LogP contribution in [0.5, 0.6) is 0 Å². The van der Waals surface area contributed by atoms with E-state index in [0.29, 0.717) is 0 Å². The van der Waals surface area contributed by atoms with E-state index in [-0.39, 0.29) is 0 Å². The highest BCUT2D eigenvalue weighted by Gasteiger charge is 2.14. The van der Waals surface area contributed by atoms with Crippen molar-refractivity contribution in [1.29, 1.82) is 0 Å². The predicted molar refractivity (Wildman–Crippen MR) is 79.4 cm³/mol. The summed E-state index contributed by atoms with van der Waals surface area (Å²) in [5, 5.41) is 0. The first kappa shape index (κ1) is 11.8. The van der Waals surface area contributed by atoms with Crippen LogP contribution in [0.4, 0.5) is 5.69 Å². The quantitative estimate of drug-likeness (QED) is 0.493. The fourth-order valence-electron chi connectivity index (χ4n) is 2.37. The first-order chi connectivity index (χ1) is 9.36. The van der Waals surface area contributed by atoms with Gasteiger partial charge in [-0.05, 0) is 22.8 Å². The van der Waals surface area contributed by atoms with Crippen molar-refractivity contribution in [2.45, 2.75) is 12.8 Å². The summed E-state index contributed by atoms with van der Waals surface area (Å²) >= 11 is 0. The van der Waals surface area contributed by atoms with E-state index >= 15 is 0 Å². The minimum atomic E-state index is 0.913. The molecule has 0 atom stereocenters. The van der Waals surface area contributed by atoms with Gasteiger partial charge in [-0.3, -0.25) is 5.84 Å². The Morgan fingerprint density at radius 2 is 1.68 bits per heavy atom. The van der Waals surface area contributed by atoms with E-state index in [0.717, 1.165) is 18.5 Å². The average Bonchev–Trinajstić information content (AvgIpc) is 2.43. The van der Waals surface area contributed by atoms with Crippen LogP contribution >= 0.6 is 0 Å². The van der Waals surface area contributed by atoms with Crippen molar-refractivity contribution in [3.63, 3.8) is 0 Å². The van der Waals surface area contributed by atoms with Gasteiger partial charge in [0, 0.05) is 18.4 Å². The Bertz CT molecular complexity index is 650. The van der Waals surface area contributed by atoms with E-state index in [1.165, 1.54) is 22.3 Å². The Morgan fingerprint density at radius 3 is 2.42 bits per heavy atom. The van der Waals surface area contributed by atoms with Crippen molar-refractivity contribution < 1.29 is 0 Å². The van der Waals surface area contributed by atoms with Crippen molar-refractivity contribution in [1.82, 2.24) is 0 Å². The number of nitrogens with one attached hydrogen (secondary N) is 1. The molecule has 3 N–H and O–H groups in total. The molecule has 0 aliphatic heterocycles. The third-order valence-corrected chi connectivity index (χ3v) is 3.42. The Hall–Kier alpha value is -2.28. The van der Waals surface area contributed by atoms with Crippen LogP contribution in [0.25, 0.3) is 5.57 Å². The largest absolute Gasteiger partial charge is 0.324 e. The maximum absolute atomic E-state index is 5.52. The van der Waals surface area contributed by atoms with Crippen LogP contribution < -0.4 is 11.3 Å². The third-order valence-electron chi connectivity index (χ3n) is 3.42. The standard InChI is InChI=1S/C17H16N2/c18-19-17-9-5-4-8-15(17)10-13-11-16(12-13)14-6-2-1-3-7-14/h1-9,19H,10-11,18H2. The van der Waals surface area contributed by atoms with Gasteiger partial charge in [0.2, 0.25) is 0 Å². The zero-order chi connectivity index (χ0) is 13.1. The molecule has 0 saturated carbocycles. The molecule has 0 aromatic heterocycles. The van der Waals surface area contributed by atoms with Crippen LogP contribution in [0.2, 0.25) is 0 Å². The molecule has 0 bridgehead atoms. The van der Waals surface area contributed by atoms with Gasteiger partial charge in [-0.2, -0.15) is 0 Å². The highest BCUT2D eigenvalue weighted by Crippen LogP contribution is 2.31. The topological polar surface area (TPSA) is 38.0 Å². The van der Waals surface area contributed by atoms with Gasteiger partial charge in [-0.15, -0.1) is 5.73 Å². The fourth-order valence-corrected chi connectivity index (χ4v) is 2.37. The lowest BCUT2D eigenvalue weighted by molar-refractivity contribution is 1.04. The molecule has 2 nitrogen and oxygen atoms in total. The molecular weight excluding hydrogens is 232 g/mol. The van der Waals surface area contributed by atoms with Gasteiger partial charge < -0.3 is 5.43 Å². The molecule has 94 valence electrons. The zero-order valence-electron chi connectivity index (χ0n) is 10.7. The Kier molecular flexibility index (Phi) is 3.20. The Morgan fingerprint density at radius 1 is 1.00 bits per heavy atom. The maximum Gasteiger partial charge on any atom is 0.0520 e. The van der Waals surface area contributed by atoms with E-state index in [1.54, 1.807) is 0 Å². The Labute approximate surface area is 113 Å². The summed E-state index contributed by atoms with van der Waals surface area (Å²) in [6.45, 7) is 0. The SMILES string of the molecule is NNc1ccccc1CC1=C=C(c2ccccc2)C1. The van der Waals surface area contributed by atoms with E-state index in [4.69, 9.17) is 5.84 Å². The van der Waals surface area contributed by atoms with Crippen LogP contribution in [-0.2, 0) is 6.42 Å². The predicted octanol–water partition coefficient (Wildman–Crippen LogP) is 3.53. The number of nitrogen functional groups attached to an aromatic ring is 1. The minimum Gasteiger partial charge on any atom is -0.324 e. The number of hydrogen-bond acceptors (Lipinski definition) is 2. The summed E-state index contributed by atoms with van der Waals surface area (Å²) < 4.78 is 0. The molecular formula is C17H16N2. The highest BCUT2D eigenvalue weighted by atomic mass is 15.2. The molecule has 0 fully saturated rings. The van der Waals surface area contributed by atoms with Gasteiger partial charge in [-0.1, -0.05) is 48.5 Å². The number of hydrazine groups is 1. The summed E-state index contributed by atoms with van der Waals surface area (Å²) in [7, 11) is 0. The molecule has 3 rings (SSSR count). The number of allylic oxidation sites excluding steroid dienone is 1. The molecule has 19 heavy (non-hydrogen) atoms. The Balaban J connectivity index is 1.82. The van der Waals surface area contributed by atoms with Gasteiger partial charge in [0.15, 0.2) is 0 Å². The summed E-state index contributed by atoms with van der Waals surface area (Å²) in [5.41, 5.74) is 12.3. The molecule has 2 heteroatoms. The summed E-state index contributed by atoms with van der Waals surface area (Å²) in [6, 6.07) is 18.6. The average molecular weight is 248 g/mol. The lowest BCUT2D eigenvalue weighted by Gasteiger charge is -2.17. The molecule has 0 heterocycles. The lowest BCUT2D eigenvalue weighted by Crippen LogP contribution is -2.10. The smallest absolute Gasteiger partial charge is 0.0520 e. The van der Waals surface area contributed by atoms with Crippen molar-refractivity contribution in [2.24, 2.45) is 5.84 Å². The van der Waals surface area contributed by atoms with Gasteiger partial charge >= 0.3 is 0 Å². The second-order valence-corrected chi connectivity index (χ2v) is 4.73.